The van der Waals surface area contributed by atoms with Gasteiger partial charge in [0.1, 0.15) is 0 Å². The van der Waals surface area contributed by atoms with E-state index in [1.54, 1.807) is 0 Å². The largest absolute Gasteiger partial charge is 0.243 e. The summed E-state index contributed by atoms with van der Waals surface area (Å²) in [4.78, 5) is 0.186. The van der Waals surface area contributed by atoms with Crippen molar-refractivity contribution in [1.82, 2.24) is 4.31 Å². The van der Waals surface area contributed by atoms with Gasteiger partial charge in [0.15, 0.2) is 9.84 Å². The van der Waals surface area contributed by atoms with Crippen LogP contribution in [0.2, 0.25) is 5.02 Å². The van der Waals surface area contributed by atoms with Crippen molar-refractivity contribution in [2.75, 3.05) is 18.8 Å². The first-order valence-corrected chi connectivity index (χ1v) is 11.1. The van der Waals surface area contributed by atoms with Crippen LogP contribution in [0.4, 0.5) is 0 Å². The molecule has 0 aromatic heterocycles. The lowest BCUT2D eigenvalue weighted by Gasteiger charge is -2.31. The molecule has 0 amide bonds. The Balaban J connectivity index is 2.08. The Kier molecular flexibility index (Phi) is 5.76. The second-order valence-corrected chi connectivity index (χ2v) is 11.0. The van der Waals surface area contributed by atoms with Gasteiger partial charge in [0.2, 0.25) is 10.0 Å². The Bertz CT molecular complexity index is 734. The van der Waals surface area contributed by atoms with Gasteiger partial charge in [-0.15, -0.1) is 0 Å². The molecule has 130 valence electrons. The molecule has 8 heteroatoms. The Morgan fingerprint density at radius 1 is 1.09 bits per heavy atom. The number of piperidine rings is 1. The monoisotopic (exact) mass is 379 g/mol. The van der Waals surface area contributed by atoms with Crippen LogP contribution in [0.5, 0.6) is 0 Å². The van der Waals surface area contributed by atoms with E-state index in [9.17, 15) is 16.8 Å². The zero-order chi connectivity index (χ0) is 17.3. The Labute approximate surface area is 143 Å². The lowest BCUT2D eigenvalue weighted by molar-refractivity contribution is 0.345. The molecule has 1 heterocycles. The zero-order valence-corrected chi connectivity index (χ0v) is 15.7. The molecule has 1 aliphatic rings. The van der Waals surface area contributed by atoms with Crippen LogP contribution >= 0.6 is 11.6 Å². The number of sulfonamides is 1. The molecule has 0 N–H and O–H groups in total. The number of halogens is 1. The molecule has 1 fully saturated rings. The maximum Gasteiger partial charge on any atom is 0.243 e. The summed E-state index contributed by atoms with van der Waals surface area (Å²) < 4.78 is 51.0. The average molecular weight is 380 g/mol. The van der Waals surface area contributed by atoms with Crippen LogP contribution in [0, 0.1) is 5.92 Å². The van der Waals surface area contributed by atoms with E-state index in [4.69, 9.17) is 11.6 Å². The first-order chi connectivity index (χ1) is 10.6. The van der Waals surface area contributed by atoms with Crippen molar-refractivity contribution in [3.05, 3.63) is 29.3 Å². The minimum atomic E-state index is -3.59. The van der Waals surface area contributed by atoms with Gasteiger partial charge in [-0.1, -0.05) is 25.4 Å². The van der Waals surface area contributed by atoms with E-state index in [2.05, 4.69) is 0 Å². The average Bonchev–Trinajstić information content (AvgIpc) is 2.46. The summed E-state index contributed by atoms with van der Waals surface area (Å²) in [6.07, 6.45) is 0.698. The number of hydrogen-bond acceptors (Lipinski definition) is 4. The highest BCUT2D eigenvalue weighted by atomic mass is 35.5. The standard InChI is InChI=1S/C15H22ClNO4S2/c1-12(2)11-22(18,19)14-7-9-17(10-8-14)23(20,21)15-5-3-13(16)4-6-15/h3-6,12,14H,7-11H2,1-2H3. The fourth-order valence-electron chi connectivity index (χ4n) is 2.79. The summed E-state index contributed by atoms with van der Waals surface area (Å²) in [5.74, 6) is 0.234. The summed E-state index contributed by atoms with van der Waals surface area (Å²) >= 11 is 5.78. The molecule has 0 saturated carbocycles. The third-order valence-corrected chi connectivity index (χ3v) is 8.71. The molecule has 0 radical (unpaired) electrons. The molecule has 5 nitrogen and oxygen atoms in total. The molecular formula is C15H22ClNO4S2. The van der Waals surface area contributed by atoms with Crippen molar-refractivity contribution in [2.24, 2.45) is 5.92 Å². The molecule has 0 atom stereocenters. The predicted molar refractivity (Wildman–Crippen MR) is 91.9 cm³/mol. The van der Waals surface area contributed by atoms with Crippen molar-refractivity contribution >= 4 is 31.5 Å². The lowest BCUT2D eigenvalue weighted by atomic mass is 10.2. The van der Waals surface area contributed by atoms with Crippen molar-refractivity contribution in [3.63, 3.8) is 0 Å². The number of sulfone groups is 1. The van der Waals surface area contributed by atoms with E-state index in [0.29, 0.717) is 17.9 Å². The third-order valence-electron chi connectivity index (χ3n) is 3.93. The van der Waals surface area contributed by atoms with Crippen LogP contribution < -0.4 is 0 Å². The number of rotatable bonds is 5. The van der Waals surface area contributed by atoms with Crippen LogP contribution in [0.1, 0.15) is 26.7 Å². The summed E-state index contributed by atoms with van der Waals surface area (Å²) in [6, 6.07) is 6.01. The molecule has 0 unspecified atom stereocenters. The minimum absolute atomic E-state index is 0.0795. The highest BCUT2D eigenvalue weighted by molar-refractivity contribution is 7.92. The molecule has 1 aliphatic heterocycles. The second-order valence-electron chi connectivity index (χ2n) is 6.28. The molecule has 1 saturated heterocycles. The molecule has 0 bridgehead atoms. The molecular weight excluding hydrogens is 358 g/mol. The molecule has 2 rings (SSSR count). The third kappa shape index (κ3) is 4.47. The van der Waals surface area contributed by atoms with E-state index in [1.807, 2.05) is 13.8 Å². The summed E-state index contributed by atoms with van der Waals surface area (Å²) in [7, 11) is -6.75. The van der Waals surface area contributed by atoms with Crippen LogP contribution in [-0.4, -0.2) is 45.2 Å². The maximum atomic E-state index is 12.6. The van der Waals surface area contributed by atoms with Gasteiger partial charge in [-0.3, -0.25) is 0 Å². The SMILES string of the molecule is CC(C)CS(=O)(=O)C1CCN(S(=O)(=O)c2ccc(Cl)cc2)CC1. The molecule has 0 aliphatic carbocycles. The van der Waals surface area contributed by atoms with E-state index < -0.39 is 25.1 Å². The van der Waals surface area contributed by atoms with Crippen molar-refractivity contribution in [1.29, 1.82) is 0 Å². The van der Waals surface area contributed by atoms with Crippen molar-refractivity contribution in [2.45, 2.75) is 36.8 Å². The van der Waals surface area contributed by atoms with Gasteiger partial charge in [0, 0.05) is 18.1 Å². The molecule has 23 heavy (non-hydrogen) atoms. The van der Waals surface area contributed by atoms with Gasteiger partial charge in [0.05, 0.1) is 15.9 Å². The van der Waals surface area contributed by atoms with E-state index in [1.165, 1.54) is 28.6 Å². The first-order valence-electron chi connectivity index (χ1n) is 7.60. The Morgan fingerprint density at radius 2 is 1.61 bits per heavy atom. The zero-order valence-electron chi connectivity index (χ0n) is 13.3. The van der Waals surface area contributed by atoms with Crippen LogP contribution in [-0.2, 0) is 19.9 Å². The topological polar surface area (TPSA) is 71.5 Å². The fraction of sp³-hybridized carbons (Fsp3) is 0.600. The summed E-state index contributed by atoms with van der Waals surface area (Å²) in [6.45, 7) is 4.20. The van der Waals surface area contributed by atoms with E-state index >= 15 is 0 Å². The van der Waals surface area contributed by atoms with E-state index in [-0.39, 0.29) is 29.7 Å². The van der Waals surface area contributed by atoms with Gasteiger partial charge in [-0.2, -0.15) is 4.31 Å². The fourth-order valence-corrected chi connectivity index (χ4v) is 6.51. The molecule has 0 spiro atoms. The smallest absolute Gasteiger partial charge is 0.229 e. The maximum absolute atomic E-state index is 12.6. The Hall–Kier alpha value is -0.630. The lowest BCUT2D eigenvalue weighted by Crippen LogP contribution is -2.43. The van der Waals surface area contributed by atoms with Gasteiger partial charge in [0.25, 0.3) is 0 Å². The summed E-state index contributed by atoms with van der Waals surface area (Å²) in [5.41, 5.74) is 0. The van der Waals surface area contributed by atoms with Gasteiger partial charge in [-0.05, 0) is 43.0 Å². The summed E-state index contributed by atoms with van der Waals surface area (Å²) in [5, 5.41) is 0.0315. The van der Waals surface area contributed by atoms with Gasteiger partial charge >= 0.3 is 0 Å². The van der Waals surface area contributed by atoms with Crippen LogP contribution in [0.15, 0.2) is 29.2 Å². The van der Waals surface area contributed by atoms with E-state index in [0.717, 1.165) is 0 Å². The van der Waals surface area contributed by atoms with Crippen LogP contribution in [0.3, 0.4) is 0 Å². The second kappa shape index (κ2) is 7.09. The number of benzene rings is 1. The van der Waals surface area contributed by atoms with Gasteiger partial charge in [-0.25, -0.2) is 16.8 Å². The quantitative estimate of drug-likeness (QED) is 0.788. The molecule has 1 aromatic rings. The van der Waals surface area contributed by atoms with Crippen molar-refractivity contribution in [3.8, 4) is 0 Å². The highest BCUT2D eigenvalue weighted by Gasteiger charge is 2.34. The van der Waals surface area contributed by atoms with Crippen LogP contribution in [0.25, 0.3) is 0 Å². The minimum Gasteiger partial charge on any atom is -0.229 e. The predicted octanol–water partition coefficient (Wildman–Crippen LogP) is 2.56. The first kappa shape index (κ1) is 18.7. The van der Waals surface area contributed by atoms with Crippen molar-refractivity contribution < 1.29 is 16.8 Å². The normalized spacial score (nSPS) is 18.4. The van der Waals surface area contributed by atoms with Gasteiger partial charge < -0.3 is 0 Å². The number of hydrogen-bond donors (Lipinski definition) is 0. The molecule has 1 aromatic carbocycles. The number of nitrogens with zero attached hydrogens (tertiary/aromatic N) is 1. The Morgan fingerprint density at radius 3 is 2.09 bits per heavy atom. The highest BCUT2D eigenvalue weighted by Crippen LogP contribution is 2.25.